The Morgan fingerprint density at radius 1 is 1.32 bits per heavy atom. The van der Waals surface area contributed by atoms with E-state index in [2.05, 4.69) is 21.6 Å². The third-order valence-electron chi connectivity index (χ3n) is 3.07. The molecule has 3 rings (SSSR count). The molecule has 1 fully saturated rings. The summed E-state index contributed by atoms with van der Waals surface area (Å²) in [7, 11) is 0. The van der Waals surface area contributed by atoms with Gasteiger partial charge in [0.05, 0.1) is 31.3 Å². The van der Waals surface area contributed by atoms with Crippen LogP contribution < -0.4 is 5.32 Å². The van der Waals surface area contributed by atoms with Gasteiger partial charge in [0, 0.05) is 17.6 Å². The maximum absolute atomic E-state index is 6.16. The second-order valence-corrected chi connectivity index (χ2v) is 5.00. The molecule has 2 aromatic rings. The van der Waals surface area contributed by atoms with E-state index in [-0.39, 0.29) is 0 Å². The van der Waals surface area contributed by atoms with Gasteiger partial charge in [-0.25, -0.2) is 0 Å². The summed E-state index contributed by atoms with van der Waals surface area (Å²) in [5.74, 6) is 0. The van der Waals surface area contributed by atoms with Crippen LogP contribution in [0.1, 0.15) is 5.56 Å². The summed E-state index contributed by atoms with van der Waals surface area (Å²) < 4.78 is 5.46. The second-order valence-electron chi connectivity index (χ2n) is 4.57. The summed E-state index contributed by atoms with van der Waals surface area (Å²) in [4.78, 5) is 1.57. The molecule has 2 heterocycles. The van der Waals surface area contributed by atoms with Crippen LogP contribution in [0.25, 0.3) is 5.69 Å². The highest BCUT2D eigenvalue weighted by atomic mass is 35.5. The summed E-state index contributed by atoms with van der Waals surface area (Å²) in [5, 5.41) is 12.4. The second kappa shape index (κ2) is 5.69. The molecule has 19 heavy (non-hydrogen) atoms. The Kier molecular flexibility index (Phi) is 3.77. The van der Waals surface area contributed by atoms with E-state index in [1.54, 1.807) is 17.2 Å². The molecule has 100 valence electrons. The number of nitrogens with one attached hydrogen (secondary N) is 1. The summed E-state index contributed by atoms with van der Waals surface area (Å²) in [6.07, 6.45) is 4.18. The van der Waals surface area contributed by atoms with Crippen molar-refractivity contribution in [3.8, 4) is 5.69 Å². The third-order valence-corrected chi connectivity index (χ3v) is 3.29. The predicted molar refractivity (Wildman–Crippen MR) is 72.7 cm³/mol. The zero-order chi connectivity index (χ0) is 13.1. The number of benzene rings is 1. The van der Waals surface area contributed by atoms with E-state index in [9.17, 15) is 0 Å². The van der Waals surface area contributed by atoms with E-state index >= 15 is 0 Å². The van der Waals surface area contributed by atoms with Gasteiger partial charge in [-0.3, -0.25) is 0 Å². The van der Waals surface area contributed by atoms with Gasteiger partial charge in [-0.2, -0.15) is 15.0 Å². The minimum Gasteiger partial charge on any atom is -0.379 e. The lowest BCUT2D eigenvalue weighted by molar-refractivity contribution is 0.0770. The molecule has 1 atom stereocenters. The molecule has 0 spiro atoms. The fourth-order valence-electron chi connectivity index (χ4n) is 2.25. The number of rotatable bonds is 3. The van der Waals surface area contributed by atoms with Crippen molar-refractivity contribution >= 4 is 11.6 Å². The molecule has 6 heteroatoms. The van der Waals surface area contributed by atoms with Crippen LogP contribution in [0.5, 0.6) is 0 Å². The molecular formula is C13H15ClN4O. The molecule has 0 saturated carbocycles. The van der Waals surface area contributed by atoms with Gasteiger partial charge in [-0.1, -0.05) is 11.6 Å². The molecule has 1 aliphatic heterocycles. The summed E-state index contributed by atoms with van der Waals surface area (Å²) in [6.45, 7) is 2.43. The Labute approximate surface area is 116 Å². The van der Waals surface area contributed by atoms with Crippen LogP contribution in [0.15, 0.2) is 30.6 Å². The number of aromatic nitrogens is 3. The fraction of sp³-hybridized carbons (Fsp3) is 0.385. The van der Waals surface area contributed by atoms with Crippen LogP contribution in [0.3, 0.4) is 0 Å². The molecule has 1 N–H and O–H groups in total. The van der Waals surface area contributed by atoms with Crippen molar-refractivity contribution in [2.45, 2.75) is 12.5 Å². The Hall–Kier alpha value is -1.43. The van der Waals surface area contributed by atoms with Crippen LogP contribution in [-0.2, 0) is 11.2 Å². The minimum atomic E-state index is 0.339. The Balaban J connectivity index is 1.81. The Bertz CT molecular complexity index is 538. The van der Waals surface area contributed by atoms with E-state index in [0.717, 1.165) is 37.4 Å². The van der Waals surface area contributed by atoms with Gasteiger partial charge in [-0.05, 0) is 30.2 Å². The van der Waals surface area contributed by atoms with Gasteiger partial charge in [0.2, 0.25) is 0 Å². The number of morpholine rings is 1. The van der Waals surface area contributed by atoms with E-state index in [0.29, 0.717) is 11.1 Å². The normalized spacial score (nSPS) is 19.5. The van der Waals surface area contributed by atoms with Gasteiger partial charge in [0.15, 0.2) is 0 Å². The zero-order valence-electron chi connectivity index (χ0n) is 10.4. The first-order valence-corrected chi connectivity index (χ1v) is 6.66. The van der Waals surface area contributed by atoms with Crippen molar-refractivity contribution in [3.05, 3.63) is 41.2 Å². The highest BCUT2D eigenvalue weighted by molar-refractivity contribution is 6.30. The van der Waals surface area contributed by atoms with E-state index in [1.165, 1.54) is 0 Å². The fourth-order valence-corrected chi connectivity index (χ4v) is 2.50. The topological polar surface area (TPSA) is 52.0 Å². The first kappa shape index (κ1) is 12.6. The van der Waals surface area contributed by atoms with E-state index in [1.807, 2.05) is 12.1 Å². The molecule has 1 aromatic carbocycles. The van der Waals surface area contributed by atoms with Gasteiger partial charge in [-0.15, -0.1) is 0 Å². The van der Waals surface area contributed by atoms with Gasteiger partial charge in [0.1, 0.15) is 0 Å². The number of hydrogen-bond acceptors (Lipinski definition) is 4. The molecule has 1 aromatic heterocycles. The summed E-state index contributed by atoms with van der Waals surface area (Å²) in [5.41, 5.74) is 2.03. The Morgan fingerprint density at radius 3 is 2.89 bits per heavy atom. The molecule has 1 aliphatic rings. The molecule has 0 bridgehead atoms. The van der Waals surface area contributed by atoms with Crippen LogP contribution in [0, 0.1) is 0 Å². The monoisotopic (exact) mass is 278 g/mol. The summed E-state index contributed by atoms with van der Waals surface area (Å²) >= 11 is 6.16. The smallest absolute Gasteiger partial charge is 0.0874 e. The van der Waals surface area contributed by atoms with E-state index < -0.39 is 0 Å². The van der Waals surface area contributed by atoms with Crippen molar-refractivity contribution < 1.29 is 4.74 Å². The van der Waals surface area contributed by atoms with Crippen molar-refractivity contribution in [1.29, 1.82) is 0 Å². The maximum Gasteiger partial charge on any atom is 0.0874 e. The molecular weight excluding hydrogens is 264 g/mol. The van der Waals surface area contributed by atoms with Crippen molar-refractivity contribution in [3.63, 3.8) is 0 Å². The quantitative estimate of drug-likeness (QED) is 0.923. The van der Waals surface area contributed by atoms with Crippen LogP contribution in [-0.4, -0.2) is 40.8 Å². The standard InChI is InChI=1S/C13H15ClN4O/c14-11-5-10(6-12-9-19-4-3-15-12)7-13(8-11)18-16-1-2-17-18/h1-2,5,7-8,12,15H,3-4,6,9H2. The Morgan fingerprint density at radius 2 is 2.16 bits per heavy atom. The van der Waals surface area contributed by atoms with Gasteiger partial charge in [0.25, 0.3) is 0 Å². The molecule has 0 aliphatic carbocycles. The SMILES string of the molecule is Clc1cc(CC2COCCN2)cc(-n2nccn2)c1. The first-order chi connectivity index (χ1) is 9.31. The van der Waals surface area contributed by atoms with Crippen LogP contribution in [0.4, 0.5) is 0 Å². The summed E-state index contributed by atoms with van der Waals surface area (Å²) in [6, 6.07) is 6.23. The molecule has 0 radical (unpaired) electrons. The molecule has 5 nitrogen and oxygen atoms in total. The lowest BCUT2D eigenvalue weighted by Gasteiger charge is -2.24. The van der Waals surface area contributed by atoms with Gasteiger partial charge >= 0.3 is 0 Å². The lowest BCUT2D eigenvalue weighted by Crippen LogP contribution is -2.42. The van der Waals surface area contributed by atoms with Crippen molar-refractivity contribution in [1.82, 2.24) is 20.3 Å². The number of hydrogen-bond donors (Lipinski definition) is 1. The maximum atomic E-state index is 6.16. The van der Waals surface area contributed by atoms with Crippen LogP contribution >= 0.6 is 11.6 Å². The largest absolute Gasteiger partial charge is 0.379 e. The number of nitrogens with zero attached hydrogens (tertiary/aromatic N) is 3. The number of ether oxygens (including phenoxy) is 1. The molecule has 1 unspecified atom stereocenters. The van der Waals surface area contributed by atoms with Crippen molar-refractivity contribution in [2.24, 2.45) is 0 Å². The predicted octanol–water partition coefficient (Wildman–Crippen LogP) is 1.45. The first-order valence-electron chi connectivity index (χ1n) is 6.28. The lowest BCUT2D eigenvalue weighted by atomic mass is 10.1. The average molecular weight is 279 g/mol. The minimum absolute atomic E-state index is 0.339. The third kappa shape index (κ3) is 3.12. The van der Waals surface area contributed by atoms with Crippen molar-refractivity contribution in [2.75, 3.05) is 19.8 Å². The molecule has 1 saturated heterocycles. The zero-order valence-corrected chi connectivity index (χ0v) is 11.2. The highest BCUT2D eigenvalue weighted by Gasteiger charge is 2.14. The molecule has 0 amide bonds. The van der Waals surface area contributed by atoms with E-state index in [4.69, 9.17) is 16.3 Å². The number of halogens is 1. The highest BCUT2D eigenvalue weighted by Crippen LogP contribution is 2.19. The average Bonchev–Trinajstić information content (AvgIpc) is 2.93. The van der Waals surface area contributed by atoms with Gasteiger partial charge < -0.3 is 10.1 Å². The van der Waals surface area contributed by atoms with Crippen LogP contribution in [0.2, 0.25) is 5.02 Å².